The summed E-state index contributed by atoms with van der Waals surface area (Å²) in [6.45, 7) is 1.31. The molecule has 3 rings (SSSR count). The van der Waals surface area contributed by atoms with Gasteiger partial charge in [-0.25, -0.2) is 9.37 Å². The maximum absolute atomic E-state index is 13.0. The highest BCUT2D eigenvalue weighted by Gasteiger charge is 2.16. The van der Waals surface area contributed by atoms with Gasteiger partial charge in [-0.05, 0) is 18.2 Å². The Morgan fingerprint density at radius 3 is 3.00 bits per heavy atom. The molecule has 4 nitrogen and oxygen atoms in total. The van der Waals surface area contributed by atoms with Crippen LogP contribution in [0.5, 0.6) is 0 Å². The third-order valence-electron chi connectivity index (χ3n) is 3.13. The van der Waals surface area contributed by atoms with Crippen molar-refractivity contribution in [1.82, 2.24) is 15.3 Å². The van der Waals surface area contributed by atoms with Crippen LogP contribution in [-0.4, -0.2) is 16.5 Å². The first-order valence-electron chi connectivity index (χ1n) is 5.93. The molecule has 0 spiro atoms. The monoisotopic (exact) mass is 279 g/mol. The minimum atomic E-state index is -0.418. The van der Waals surface area contributed by atoms with E-state index in [0.29, 0.717) is 29.9 Å². The van der Waals surface area contributed by atoms with Crippen LogP contribution in [0.25, 0.3) is 11.4 Å². The van der Waals surface area contributed by atoms with Crippen molar-refractivity contribution in [3.8, 4) is 11.4 Å². The highest BCUT2D eigenvalue weighted by atomic mass is 35.5. The number of nitrogens with zero attached hydrogens (tertiary/aromatic N) is 1. The molecule has 1 aliphatic rings. The lowest BCUT2D eigenvalue weighted by molar-refractivity contribution is 0.621. The van der Waals surface area contributed by atoms with E-state index in [0.717, 1.165) is 12.2 Å². The van der Waals surface area contributed by atoms with Gasteiger partial charge in [0.2, 0.25) is 0 Å². The lowest BCUT2D eigenvalue weighted by atomic mass is 10.1. The zero-order valence-corrected chi connectivity index (χ0v) is 10.7. The Labute approximate surface area is 113 Å². The second-order valence-corrected chi connectivity index (χ2v) is 4.80. The molecule has 2 aromatic rings. The molecule has 6 heteroatoms. The van der Waals surface area contributed by atoms with Crippen molar-refractivity contribution in [1.29, 1.82) is 0 Å². The molecule has 2 N–H and O–H groups in total. The maximum Gasteiger partial charge on any atom is 0.255 e. The molecule has 2 heterocycles. The second-order valence-electron chi connectivity index (χ2n) is 4.39. The van der Waals surface area contributed by atoms with Crippen LogP contribution < -0.4 is 10.9 Å². The van der Waals surface area contributed by atoms with Crippen molar-refractivity contribution < 1.29 is 4.39 Å². The van der Waals surface area contributed by atoms with Gasteiger partial charge < -0.3 is 10.3 Å². The van der Waals surface area contributed by atoms with E-state index in [1.165, 1.54) is 18.2 Å². The number of hydrogen-bond donors (Lipinski definition) is 2. The summed E-state index contributed by atoms with van der Waals surface area (Å²) in [5, 5.41) is 3.36. The van der Waals surface area contributed by atoms with Crippen LogP contribution in [0, 0.1) is 5.82 Å². The predicted molar refractivity (Wildman–Crippen MR) is 70.7 cm³/mol. The zero-order valence-electron chi connectivity index (χ0n) is 9.96. The van der Waals surface area contributed by atoms with Gasteiger partial charge in [0.15, 0.2) is 0 Å². The van der Waals surface area contributed by atoms with Gasteiger partial charge in [0, 0.05) is 25.1 Å². The first-order chi connectivity index (χ1) is 9.15. The topological polar surface area (TPSA) is 57.8 Å². The average Bonchev–Trinajstić information content (AvgIpc) is 2.38. The van der Waals surface area contributed by atoms with E-state index in [4.69, 9.17) is 11.6 Å². The van der Waals surface area contributed by atoms with E-state index in [-0.39, 0.29) is 10.6 Å². The molecule has 0 radical (unpaired) electrons. The van der Waals surface area contributed by atoms with Crippen molar-refractivity contribution in [3.05, 3.63) is 50.7 Å². The van der Waals surface area contributed by atoms with Gasteiger partial charge in [-0.15, -0.1) is 0 Å². The molecule has 1 aromatic carbocycles. The van der Waals surface area contributed by atoms with Crippen LogP contribution >= 0.6 is 11.6 Å². The van der Waals surface area contributed by atoms with E-state index in [1.807, 2.05) is 0 Å². The highest BCUT2D eigenvalue weighted by molar-refractivity contribution is 6.33. The largest absolute Gasteiger partial charge is 0.312 e. The van der Waals surface area contributed by atoms with Crippen molar-refractivity contribution >= 4 is 11.6 Å². The molecular formula is C13H11ClFN3O. The fourth-order valence-corrected chi connectivity index (χ4v) is 2.42. The van der Waals surface area contributed by atoms with E-state index < -0.39 is 5.82 Å². The molecule has 1 aliphatic heterocycles. The molecule has 19 heavy (non-hydrogen) atoms. The number of fused-ring (bicyclic) bond motifs is 1. The summed E-state index contributed by atoms with van der Waals surface area (Å²) in [5.74, 6) is -0.0334. The molecule has 0 bridgehead atoms. The molecule has 0 fully saturated rings. The fraction of sp³-hybridized carbons (Fsp3) is 0.231. The van der Waals surface area contributed by atoms with E-state index >= 15 is 0 Å². The van der Waals surface area contributed by atoms with Gasteiger partial charge in [0.1, 0.15) is 11.6 Å². The van der Waals surface area contributed by atoms with Crippen molar-refractivity contribution in [3.63, 3.8) is 0 Å². The van der Waals surface area contributed by atoms with Gasteiger partial charge in [-0.1, -0.05) is 11.6 Å². The maximum atomic E-state index is 13.0. The van der Waals surface area contributed by atoms with Crippen LogP contribution in [-0.2, 0) is 13.0 Å². The Kier molecular flexibility index (Phi) is 3.08. The van der Waals surface area contributed by atoms with Gasteiger partial charge in [0.25, 0.3) is 5.56 Å². The summed E-state index contributed by atoms with van der Waals surface area (Å²) in [5.41, 5.74) is 1.79. The lowest BCUT2D eigenvalue weighted by Crippen LogP contribution is -2.31. The lowest BCUT2D eigenvalue weighted by Gasteiger charge is -2.16. The minimum Gasteiger partial charge on any atom is -0.312 e. The predicted octanol–water partition coefficient (Wildman–Crippen LogP) is 1.88. The number of rotatable bonds is 1. The minimum absolute atomic E-state index is 0.174. The Balaban J connectivity index is 2.15. The smallest absolute Gasteiger partial charge is 0.255 e. The fourth-order valence-electron chi connectivity index (χ4n) is 2.16. The van der Waals surface area contributed by atoms with Gasteiger partial charge in [-0.3, -0.25) is 4.79 Å². The number of H-pyrrole nitrogens is 1. The van der Waals surface area contributed by atoms with E-state index in [9.17, 15) is 9.18 Å². The first kappa shape index (κ1) is 12.3. The summed E-state index contributed by atoms with van der Waals surface area (Å²) >= 11 is 5.99. The molecule has 1 aromatic heterocycles. The Hall–Kier alpha value is -1.72. The molecule has 0 amide bonds. The number of nitrogens with one attached hydrogen (secondary N) is 2. The molecule has 0 unspecified atom stereocenters. The van der Waals surface area contributed by atoms with Crippen LogP contribution in [0.15, 0.2) is 23.0 Å². The Morgan fingerprint density at radius 2 is 2.21 bits per heavy atom. The van der Waals surface area contributed by atoms with Gasteiger partial charge >= 0.3 is 0 Å². The van der Waals surface area contributed by atoms with Crippen LogP contribution in [0.1, 0.15) is 11.3 Å². The molecule has 0 atom stereocenters. The van der Waals surface area contributed by atoms with Crippen molar-refractivity contribution in [2.75, 3.05) is 6.54 Å². The number of benzene rings is 1. The van der Waals surface area contributed by atoms with Crippen molar-refractivity contribution in [2.24, 2.45) is 0 Å². The van der Waals surface area contributed by atoms with E-state index in [1.54, 1.807) is 0 Å². The summed E-state index contributed by atoms with van der Waals surface area (Å²) < 4.78 is 13.0. The summed E-state index contributed by atoms with van der Waals surface area (Å²) in [6, 6.07) is 4.02. The molecular weight excluding hydrogens is 269 g/mol. The van der Waals surface area contributed by atoms with Crippen molar-refractivity contribution in [2.45, 2.75) is 13.0 Å². The molecule has 0 saturated heterocycles. The first-order valence-corrected chi connectivity index (χ1v) is 6.31. The van der Waals surface area contributed by atoms with Gasteiger partial charge in [-0.2, -0.15) is 0 Å². The highest BCUT2D eigenvalue weighted by Crippen LogP contribution is 2.25. The van der Waals surface area contributed by atoms with Gasteiger partial charge in [0.05, 0.1) is 16.3 Å². The van der Waals surface area contributed by atoms with Crippen LogP contribution in [0.4, 0.5) is 4.39 Å². The van der Waals surface area contributed by atoms with Crippen LogP contribution in [0.3, 0.4) is 0 Å². The quantitative estimate of drug-likeness (QED) is 0.838. The Morgan fingerprint density at radius 1 is 1.37 bits per heavy atom. The normalized spacial score (nSPS) is 14.2. The summed E-state index contributed by atoms with van der Waals surface area (Å²) in [4.78, 5) is 19.1. The van der Waals surface area contributed by atoms with Crippen LogP contribution in [0.2, 0.25) is 5.02 Å². The average molecular weight is 280 g/mol. The summed E-state index contributed by atoms with van der Waals surface area (Å²) in [6.07, 6.45) is 0.699. The molecule has 0 aliphatic carbocycles. The Bertz CT molecular complexity index is 699. The molecule has 0 saturated carbocycles. The number of aromatic nitrogens is 2. The standard InChI is InChI=1S/C13H11ClFN3O/c14-10-5-7(15)1-2-8(10)12-17-11-3-4-16-6-9(11)13(19)18-12/h1-2,5,16H,3-4,6H2,(H,17,18,19). The molecule has 98 valence electrons. The number of hydrogen-bond acceptors (Lipinski definition) is 3. The summed E-state index contributed by atoms with van der Waals surface area (Å²) in [7, 11) is 0. The second kappa shape index (κ2) is 4.75. The van der Waals surface area contributed by atoms with E-state index in [2.05, 4.69) is 15.3 Å². The SMILES string of the molecule is O=c1[nH]c(-c2ccc(F)cc2Cl)nc2c1CNCC2. The number of halogens is 2. The number of aromatic amines is 1. The third kappa shape index (κ3) is 2.27. The third-order valence-corrected chi connectivity index (χ3v) is 3.44. The zero-order chi connectivity index (χ0) is 13.4.